The van der Waals surface area contributed by atoms with E-state index in [1.54, 1.807) is 0 Å². The molecule has 0 radical (unpaired) electrons. The highest BCUT2D eigenvalue weighted by atomic mass is 16.2. The third kappa shape index (κ3) is 5.92. The minimum Gasteiger partial charge on any atom is -0.369 e. The molecule has 0 spiro atoms. The number of nitrogens with one attached hydrogen (secondary N) is 3. The molecule has 4 rings (SSSR count). The highest BCUT2D eigenvalue weighted by molar-refractivity contribution is 6.02. The molecule has 0 saturated heterocycles. The molecular weight excluding hydrogens is 426 g/mol. The van der Waals surface area contributed by atoms with Crippen molar-refractivity contribution in [2.75, 3.05) is 28.6 Å². The van der Waals surface area contributed by atoms with Crippen LogP contribution in [-0.4, -0.2) is 39.7 Å². The Balaban J connectivity index is 1.60. The van der Waals surface area contributed by atoms with Crippen molar-refractivity contribution in [3.63, 3.8) is 0 Å². The summed E-state index contributed by atoms with van der Waals surface area (Å²) in [5.41, 5.74) is 4.97. The summed E-state index contributed by atoms with van der Waals surface area (Å²) in [6, 6.07) is 14.0. The first-order valence-corrected chi connectivity index (χ1v) is 12.1. The van der Waals surface area contributed by atoms with E-state index in [4.69, 9.17) is 0 Å². The van der Waals surface area contributed by atoms with Crippen molar-refractivity contribution in [2.45, 2.75) is 52.9 Å². The van der Waals surface area contributed by atoms with E-state index in [9.17, 15) is 4.79 Å². The number of aromatic amines is 1. The molecule has 1 saturated carbocycles. The van der Waals surface area contributed by atoms with Gasteiger partial charge in [-0.25, -0.2) is 9.89 Å². The molecule has 34 heavy (non-hydrogen) atoms. The summed E-state index contributed by atoms with van der Waals surface area (Å²) in [6.45, 7) is 12.7. The lowest BCUT2D eigenvalue weighted by molar-refractivity contribution is 0.262. The fraction of sp³-hybridized carbons (Fsp3) is 0.462. The van der Waals surface area contributed by atoms with Crippen LogP contribution in [0.4, 0.5) is 21.9 Å². The Morgan fingerprint density at radius 3 is 2.35 bits per heavy atom. The number of urea groups is 1. The molecule has 3 aromatic rings. The molecule has 8 nitrogen and oxygen atoms in total. The van der Waals surface area contributed by atoms with Gasteiger partial charge >= 0.3 is 6.03 Å². The Morgan fingerprint density at radius 1 is 1.03 bits per heavy atom. The second-order valence-electron chi connectivity index (χ2n) is 10.1. The summed E-state index contributed by atoms with van der Waals surface area (Å²) in [5, 5.41) is 20.5. The van der Waals surface area contributed by atoms with Crippen molar-refractivity contribution in [3.8, 4) is 0 Å². The van der Waals surface area contributed by atoms with Gasteiger partial charge in [0.1, 0.15) is 0 Å². The molecule has 0 unspecified atom stereocenters. The number of amides is 2. The monoisotopic (exact) mass is 461 g/mol. The van der Waals surface area contributed by atoms with Gasteiger partial charge in [0, 0.05) is 24.7 Å². The zero-order valence-electron chi connectivity index (χ0n) is 20.7. The van der Waals surface area contributed by atoms with E-state index in [1.165, 1.54) is 5.56 Å². The van der Waals surface area contributed by atoms with Crippen LogP contribution in [0.1, 0.15) is 62.9 Å². The van der Waals surface area contributed by atoms with Gasteiger partial charge in [-0.15, -0.1) is 5.10 Å². The van der Waals surface area contributed by atoms with Gasteiger partial charge in [0.25, 0.3) is 0 Å². The molecule has 0 aliphatic heterocycles. The quantitative estimate of drug-likeness (QED) is 0.388. The van der Waals surface area contributed by atoms with Crippen molar-refractivity contribution < 1.29 is 4.79 Å². The molecule has 3 N–H and O–H groups in total. The average molecular weight is 462 g/mol. The zero-order valence-corrected chi connectivity index (χ0v) is 20.7. The summed E-state index contributed by atoms with van der Waals surface area (Å²) in [7, 11) is 0. The van der Waals surface area contributed by atoms with Gasteiger partial charge in [0.15, 0.2) is 5.82 Å². The summed E-state index contributed by atoms with van der Waals surface area (Å²) >= 11 is 0. The van der Waals surface area contributed by atoms with E-state index in [0.29, 0.717) is 17.8 Å². The van der Waals surface area contributed by atoms with Gasteiger partial charge in [0.2, 0.25) is 0 Å². The SMILES string of the molecule is Cc1ccc(NC(=O)Nc2cc([C@H]3C[C@H]3c3nnn[nH]3)ccc2N(CC(C)C)CC(C)C)cc1. The number of aromatic nitrogens is 4. The first kappa shape index (κ1) is 23.7. The van der Waals surface area contributed by atoms with Crippen LogP contribution in [0, 0.1) is 18.8 Å². The fourth-order valence-corrected chi connectivity index (χ4v) is 4.42. The number of tetrazole rings is 1. The summed E-state index contributed by atoms with van der Waals surface area (Å²) in [4.78, 5) is 15.3. The summed E-state index contributed by atoms with van der Waals surface area (Å²) in [6.07, 6.45) is 0.993. The van der Waals surface area contributed by atoms with E-state index in [0.717, 1.165) is 48.0 Å². The van der Waals surface area contributed by atoms with E-state index < -0.39 is 0 Å². The summed E-state index contributed by atoms with van der Waals surface area (Å²) < 4.78 is 0. The largest absolute Gasteiger partial charge is 0.369 e. The lowest BCUT2D eigenvalue weighted by Crippen LogP contribution is -2.32. The van der Waals surface area contributed by atoms with Crippen LogP contribution in [0.5, 0.6) is 0 Å². The molecular formula is C26H35N7O. The number of carbonyl (C=O) groups is 1. The predicted octanol–water partition coefficient (Wildman–Crippen LogP) is 5.54. The van der Waals surface area contributed by atoms with Gasteiger partial charge in [-0.2, -0.15) is 0 Å². The standard InChI is InChI=1S/C26H35N7O/c1-16(2)14-33(15-17(3)4)24-11-8-19(21-13-22(21)25-29-31-32-30-25)12-23(24)28-26(34)27-20-9-6-18(5)7-10-20/h6-12,16-17,21-22H,13-15H2,1-5H3,(H2,27,28,34)(H,29,30,31,32)/t21-,22-/m1/s1. The molecule has 8 heteroatoms. The molecule has 1 aliphatic rings. The van der Waals surface area contributed by atoms with Gasteiger partial charge < -0.3 is 15.5 Å². The van der Waals surface area contributed by atoms with E-state index in [1.807, 2.05) is 31.2 Å². The Kier molecular flexibility index (Phi) is 7.14. The molecule has 2 atom stereocenters. The number of nitrogens with zero attached hydrogens (tertiary/aromatic N) is 4. The van der Waals surface area contributed by atoms with Crippen molar-refractivity contribution in [2.24, 2.45) is 11.8 Å². The van der Waals surface area contributed by atoms with E-state index >= 15 is 0 Å². The molecule has 1 fully saturated rings. The van der Waals surface area contributed by atoms with Crippen LogP contribution >= 0.6 is 0 Å². The van der Waals surface area contributed by atoms with Crippen molar-refractivity contribution in [1.29, 1.82) is 0 Å². The van der Waals surface area contributed by atoms with Gasteiger partial charge in [-0.05, 0) is 71.4 Å². The number of H-pyrrole nitrogens is 1. The predicted molar refractivity (Wildman–Crippen MR) is 136 cm³/mol. The smallest absolute Gasteiger partial charge is 0.323 e. The maximum Gasteiger partial charge on any atom is 0.323 e. The first-order chi connectivity index (χ1) is 16.3. The second-order valence-corrected chi connectivity index (χ2v) is 10.1. The number of benzene rings is 2. The number of hydrogen-bond acceptors (Lipinski definition) is 5. The molecule has 1 aliphatic carbocycles. The molecule has 180 valence electrons. The molecule has 2 amide bonds. The second kappa shape index (κ2) is 10.2. The zero-order chi connectivity index (χ0) is 24.2. The van der Waals surface area contributed by atoms with Crippen LogP contribution in [0.3, 0.4) is 0 Å². The van der Waals surface area contributed by atoms with Crippen LogP contribution in [0.15, 0.2) is 42.5 Å². The minimum absolute atomic E-state index is 0.247. The third-order valence-corrected chi connectivity index (χ3v) is 6.02. The average Bonchev–Trinajstić information content (AvgIpc) is 3.38. The number of aryl methyl sites for hydroxylation is 1. The van der Waals surface area contributed by atoms with Crippen molar-refractivity contribution >= 4 is 23.1 Å². The Bertz CT molecular complexity index is 1080. The van der Waals surface area contributed by atoms with E-state index in [-0.39, 0.29) is 11.9 Å². The first-order valence-electron chi connectivity index (χ1n) is 12.1. The lowest BCUT2D eigenvalue weighted by Gasteiger charge is -2.30. The maximum absolute atomic E-state index is 13.0. The molecule has 1 aromatic heterocycles. The molecule has 2 aromatic carbocycles. The maximum atomic E-state index is 13.0. The normalized spacial score (nSPS) is 17.1. The van der Waals surface area contributed by atoms with Gasteiger partial charge in [-0.1, -0.05) is 51.5 Å². The third-order valence-electron chi connectivity index (χ3n) is 6.02. The highest BCUT2D eigenvalue weighted by Crippen LogP contribution is 2.54. The van der Waals surface area contributed by atoms with E-state index in [2.05, 4.69) is 82.1 Å². The minimum atomic E-state index is -0.247. The van der Waals surface area contributed by atoms with Gasteiger partial charge in [-0.3, -0.25) is 0 Å². The van der Waals surface area contributed by atoms with Crippen LogP contribution in [0.2, 0.25) is 0 Å². The topological polar surface area (TPSA) is 98.8 Å². The van der Waals surface area contributed by atoms with Gasteiger partial charge in [0.05, 0.1) is 11.4 Å². The number of anilines is 3. The number of hydrogen-bond donors (Lipinski definition) is 3. The fourth-order valence-electron chi connectivity index (χ4n) is 4.42. The van der Waals surface area contributed by atoms with Crippen LogP contribution < -0.4 is 15.5 Å². The molecule has 0 bridgehead atoms. The van der Waals surface area contributed by atoms with Crippen molar-refractivity contribution in [3.05, 3.63) is 59.4 Å². The molecule has 1 heterocycles. The number of carbonyl (C=O) groups excluding carboxylic acids is 1. The van der Waals surface area contributed by atoms with Crippen LogP contribution in [-0.2, 0) is 0 Å². The van der Waals surface area contributed by atoms with Crippen molar-refractivity contribution in [1.82, 2.24) is 20.6 Å². The number of rotatable bonds is 9. The highest BCUT2D eigenvalue weighted by Gasteiger charge is 2.42. The summed E-state index contributed by atoms with van der Waals surface area (Å²) in [5.74, 6) is 2.45. The Hall–Kier alpha value is -3.42. The Labute approximate surface area is 201 Å². The lowest BCUT2D eigenvalue weighted by atomic mass is 10.0. The Morgan fingerprint density at radius 2 is 1.74 bits per heavy atom. The van der Waals surface area contributed by atoms with Crippen LogP contribution in [0.25, 0.3) is 0 Å².